The highest BCUT2D eigenvalue weighted by Crippen LogP contribution is 2.24. The van der Waals surface area contributed by atoms with E-state index in [1.807, 2.05) is 30.3 Å². The van der Waals surface area contributed by atoms with Gasteiger partial charge in [0.1, 0.15) is 5.04 Å². The zero-order valence-electron chi connectivity index (χ0n) is 9.46. The van der Waals surface area contributed by atoms with Gasteiger partial charge in [0.15, 0.2) is 0 Å². The lowest BCUT2D eigenvalue weighted by Gasteiger charge is -2.07. The van der Waals surface area contributed by atoms with Gasteiger partial charge in [-0.3, -0.25) is 0 Å². The second kappa shape index (κ2) is 5.72. The first-order chi connectivity index (χ1) is 8.29. The summed E-state index contributed by atoms with van der Waals surface area (Å²) in [5.74, 6) is 0.642. The van der Waals surface area contributed by atoms with Gasteiger partial charge in [0.2, 0.25) is 6.23 Å². The van der Waals surface area contributed by atoms with Crippen LogP contribution in [-0.2, 0) is 9.47 Å². The summed E-state index contributed by atoms with van der Waals surface area (Å²) < 4.78 is 9.74. The number of hydrogen-bond donors (Lipinski definition) is 0. The van der Waals surface area contributed by atoms with Crippen LogP contribution < -0.4 is 0 Å². The van der Waals surface area contributed by atoms with Crippen LogP contribution in [-0.4, -0.2) is 29.8 Å². The fraction of sp³-hybridized carbons (Fsp3) is 0.333. The van der Waals surface area contributed by atoms with Crippen molar-refractivity contribution < 1.29 is 14.3 Å². The molecule has 1 aliphatic heterocycles. The summed E-state index contributed by atoms with van der Waals surface area (Å²) in [7, 11) is 0. The van der Waals surface area contributed by atoms with Crippen LogP contribution >= 0.6 is 11.8 Å². The molecule has 17 heavy (non-hydrogen) atoms. The molecule has 0 N–H and O–H groups in total. The third-order valence-corrected chi connectivity index (χ3v) is 3.21. The first-order valence-electron chi connectivity index (χ1n) is 5.39. The third-order valence-electron chi connectivity index (χ3n) is 2.14. The first-order valence-corrected chi connectivity index (χ1v) is 6.37. The number of hydrogen-bond acceptors (Lipinski definition) is 5. The van der Waals surface area contributed by atoms with Crippen LogP contribution in [0.2, 0.25) is 0 Å². The summed E-state index contributed by atoms with van der Waals surface area (Å²) in [6, 6.07) is 9.84. The summed E-state index contributed by atoms with van der Waals surface area (Å²) in [6.07, 6.45) is -1.09. The van der Waals surface area contributed by atoms with E-state index in [9.17, 15) is 4.79 Å². The Morgan fingerprint density at radius 1 is 1.47 bits per heavy atom. The van der Waals surface area contributed by atoms with E-state index < -0.39 is 12.4 Å². The Balaban J connectivity index is 1.97. The molecular formula is C12H13NO3S. The Hall–Kier alpha value is -1.49. The van der Waals surface area contributed by atoms with Gasteiger partial charge in [0.05, 0.1) is 12.4 Å². The van der Waals surface area contributed by atoms with Crippen LogP contribution in [0, 0.1) is 0 Å². The number of thioether (sulfide) groups is 1. The van der Waals surface area contributed by atoms with Gasteiger partial charge in [-0.15, -0.1) is 11.8 Å². The first kappa shape index (κ1) is 12.0. The summed E-state index contributed by atoms with van der Waals surface area (Å²) in [5.41, 5.74) is 1.05. The maximum atomic E-state index is 11.1. The second-order valence-electron chi connectivity index (χ2n) is 3.37. The summed E-state index contributed by atoms with van der Waals surface area (Å²) in [4.78, 5) is 15.5. The largest absolute Gasteiger partial charge is 0.510 e. The number of nitrogens with zero attached hydrogens (tertiary/aromatic N) is 1. The normalized spacial score (nSPS) is 18.6. The van der Waals surface area contributed by atoms with Crippen molar-refractivity contribution in [1.82, 2.24) is 0 Å². The molecule has 1 atom stereocenters. The minimum atomic E-state index is -0.656. The Morgan fingerprint density at radius 2 is 2.24 bits per heavy atom. The minimum Gasteiger partial charge on any atom is -0.435 e. The van der Waals surface area contributed by atoms with Crippen LogP contribution in [0.25, 0.3) is 0 Å². The number of benzene rings is 1. The Kier molecular flexibility index (Phi) is 4.03. The van der Waals surface area contributed by atoms with E-state index in [-0.39, 0.29) is 0 Å². The predicted molar refractivity (Wildman–Crippen MR) is 67.3 cm³/mol. The topological polar surface area (TPSA) is 47.9 Å². The summed E-state index contributed by atoms with van der Waals surface area (Å²) >= 11 is 1.58. The SMILES string of the molecule is CCOC(=O)OC1CSC(c2ccccc2)=N1. The number of aliphatic imine (C=N–C) groups is 1. The zero-order valence-corrected chi connectivity index (χ0v) is 10.3. The third kappa shape index (κ3) is 3.23. The van der Waals surface area contributed by atoms with E-state index in [2.05, 4.69) is 4.99 Å². The average Bonchev–Trinajstić information content (AvgIpc) is 2.79. The van der Waals surface area contributed by atoms with E-state index in [0.29, 0.717) is 12.4 Å². The predicted octanol–water partition coefficient (Wildman–Crippen LogP) is 2.68. The van der Waals surface area contributed by atoms with Gasteiger partial charge >= 0.3 is 6.16 Å². The lowest BCUT2D eigenvalue weighted by molar-refractivity contribution is 0.0371. The van der Waals surface area contributed by atoms with Crippen LogP contribution in [0.15, 0.2) is 35.3 Å². The van der Waals surface area contributed by atoms with E-state index in [1.165, 1.54) is 0 Å². The Morgan fingerprint density at radius 3 is 2.94 bits per heavy atom. The fourth-order valence-electron chi connectivity index (χ4n) is 1.42. The van der Waals surface area contributed by atoms with Crippen molar-refractivity contribution in [2.75, 3.05) is 12.4 Å². The van der Waals surface area contributed by atoms with Crippen LogP contribution in [0.1, 0.15) is 12.5 Å². The molecule has 1 unspecified atom stereocenters. The number of ether oxygens (including phenoxy) is 2. The van der Waals surface area contributed by atoms with Gasteiger partial charge in [-0.1, -0.05) is 30.3 Å². The molecule has 0 saturated heterocycles. The van der Waals surface area contributed by atoms with Crippen molar-refractivity contribution in [1.29, 1.82) is 0 Å². The molecule has 0 bridgehead atoms. The molecule has 0 radical (unpaired) electrons. The highest BCUT2D eigenvalue weighted by Gasteiger charge is 2.22. The highest BCUT2D eigenvalue weighted by atomic mass is 32.2. The summed E-state index contributed by atoms with van der Waals surface area (Å²) in [6.45, 7) is 2.05. The van der Waals surface area contributed by atoms with E-state index in [0.717, 1.165) is 10.6 Å². The second-order valence-corrected chi connectivity index (χ2v) is 4.38. The van der Waals surface area contributed by atoms with E-state index in [4.69, 9.17) is 9.47 Å². The van der Waals surface area contributed by atoms with Crippen molar-refractivity contribution in [2.45, 2.75) is 13.2 Å². The smallest absolute Gasteiger partial charge is 0.435 e. The maximum absolute atomic E-state index is 11.1. The molecule has 1 aromatic rings. The van der Waals surface area contributed by atoms with Crippen LogP contribution in [0.4, 0.5) is 4.79 Å². The number of carbonyl (C=O) groups is 1. The van der Waals surface area contributed by atoms with Gasteiger partial charge in [-0.05, 0) is 6.92 Å². The molecular weight excluding hydrogens is 238 g/mol. The van der Waals surface area contributed by atoms with Crippen molar-refractivity contribution in [3.8, 4) is 0 Å². The molecule has 1 heterocycles. The molecule has 0 fully saturated rings. The standard InChI is InChI=1S/C12H13NO3S/c1-2-15-12(14)16-10-8-17-11(13-10)9-6-4-3-5-7-9/h3-7,10H,2,8H2,1H3. The molecule has 1 aliphatic rings. The molecule has 90 valence electrons. The quantitative estimate of drug-likeness (QED) is 0.775. The summed E-state index contributed by atoms with van der Waals surface area (Å²) in [5, 5.41) is 0.903. The van der Waals surface area contributed by atoms with E-state index >= 15 is 0 Å². The van der Waals surface area contributed by atoms with Gasteiger partial charge < -0.3 is 9.47 Å². The van der Waals surface area contributed by atoms with Crippen molar-refractivity contribution in [3.63, 3.8) is 0 Å². The number of carbonyl (C=O) groups excluding carboxylic acids is 1. The van der Waals surface area contributed by atoms with Crippen LogP contribution in [0.5, 0.6) is 0 Å². The molecule has 0 saturated carbocycles. The minimum absolute atomic E-state index is 0.313. The highest BCUT2D eigenvalue weighted by molar-refractivity contribution is 8.14. The van der Waals surface area contributed by atoms with Crippen LogP contribution in [0.3, 0.4) is 0 Å². The Bertz CT molecular complexity index is 419. The molecule has 0 aromatic heterocycles. The van der Waals surface area contributed by atoms with Crippen molar-refractivity contribution in [2.24, 2.45) is 4.99 Å². The molecule has 5 heteroatoms. The van der Waals surface area contributed by atoms with Gasteiger partial charge in [-0.2, -0.15) is 0 Å². The van der Waals surface area contributed by atoms with Crippen molar-refractivity contribution >= 4 is 23.0 Å². The van der Waals surface area contributed by atoms with E-state index in [1.54, 1.807) is 18.7 Å². The molecule has 2 rings (SSSR count). The molecule has 0 aliphatic carbocycles. The lowest BCUT2D eigenvalue weighted by Crippen LogP contribution is -2.17. The maximum Gasteiger partial charge on any atom is 0.510 e. The number of rotatable bonds is 3. The molecule has 0 spiro atoms. The Labute approximate surface area is 104 Å². The molecule has 4 nitrogen and oxygen atoms in total. The fourth-order valence-corrected chi connectivity index (χ4v) is 2.36. The van der Waals surface area contributed by atoms with Gasteiger partial charge in [-0.25, -0.2) is 9.79 Å². The molecule has 1 aromatic carbocycles. The monoisotopic (exact) mass is 251 g/mol. The van der Waals surface area contributed by atoms with Crippen molar-refractivity contribution in [3.05, 3.63) is 35.9 Å². The van der Waals surface area contributed by atoms with Gasteiger partial charge in [0, 0.05) is 5.56 Å². The zero-order chi connectivity index (χ0) is 12.1. The average molecular weight is 251 g/mol. The lowest BCUT2D eigenvalue weighted by atomic mass is 10.2. The van der Waals surface area contributed by atoms with Gasteiger partial charge in [0.25, 0.3) is 0 Å². The molecule has 0 amide bonds.